The van der Waals surface area contributed by atoms with Crippen molar-refractivity contribution >= 4 is 47.3 Å². The van der Waals surface area contributed by atoms with Crippen LogP contribution in [0.1, 0.15) is 49.0 Å². The van der Waals surface area contributed by atoms with E-state index in [1.54, 1.807) is 6.20 Å². The highest BCUT2D eigenvalue weighted by atomic mass is 32.1. The molecule has 0 radical (unpaired) electrons. The van der Waals surface area contributed by atoms with E-state index in [-0.39, 0.29) is 0 Å². The number of rotatable bonds is 10. The molecule has 2 N–H and O–H groups in total. The lowest BCUT2D eigenvalue weighted by Gasteiger charge is -2.39. The van der Waals surface area contributed by atoms with E-state index in [4.69, 9.17) is 19.4 Å². The van der Waals surface area contributed by atoms with Crippen molar-refractivity contribution in [1.82, 2.24) is 24.4 Å². The normalized spacial score (nSPS) is 22.4. The molecule has 11 heteroatoms. The van der Waals surface area contributed by atoms with Crippen molar-refractivity contribution in [3.05, 3.63) is 22.8 Å². The summed E-state index contributed by atoms with van der Waals surface area (Å²) in [6.45, 7) is 12.3. The van der Waals surface area contributed by atoms with Crippen molar-refractivity contribution in [3.8, 4) is 0 Å². The van der Waals surface area contributed by atoms with E-state index in [0.717, 1.165) is 62.4 Å². The molecule has 0 bridgehead atoms. The van der Waals surface area contributed by atoms with Crippen molar-refractivity contribution in [3.63, 3.8) is 0 Å². The second-order valence-corrected chi connectivity index (χ2v) is 19.5. The van der Waals surface area contributed by atoms with Crippen LogP contribution < -0.4 is 10.6 Å². The molecule has 1 saturated heterocycles. The number of hydrogen-bond acceptors (Lipinski definition) is 9. The molecule has 1 saturated carbocycles. The number of nitrogens with one attached hydrogen (secondary N) is 2. The average Bonchev–Trinajstić information content (AvgIpc) is 3.55. The summed E-state index contributed by atoms with van der Waals surface area (Å²) in [5.74, 6) is 2.31. The molecule has 40 heavy (non-hydrogen) atoms. The van der Waals surface area contributed by atoms with Crippen LogP contribution >= 0.6 is 11.3 Å². The zero-order chi connectivity index (χ0) is 27.5. The minimum absolute atomic E-state index is 0.434. The van der Waals surface area contributed by atoms with Crippen LogP contribution in [-0.4, -0.2) is 77.5 Å². The summed E-state index contributed by atoms with van der Waals surface area (Å²) in [5.41, 5.74) is 1.47. The van der Waals surface area contributed by atoms with Crippen LogP contribution in [-0.2, 0) is 29.0 Å². The second-order valence-electron chi connectivity index (χ2n) is 12.8. The predicted octanol–water partition coefficient (Wildman–Crippen LogP) is 5.88. The predicted molar refractivity (Wildman–Crippen MR) is 166 cm³/mol. The number of aryl methyl sites for hydroxylation is 2. The smallest absolute Gasteiger partial charge is 0.232 e. The largest absolute Gasteiger partial charge is 0.379 e. The highest BCUT2D eigenvalue weighted by Crippen LogP contribution is 2.40. The Kier molecular flexibility index (Phi) is 8.74. The standard InChI is InChI=1S/C29H45N7O2SSi/c1-40(2,3)19-18-38-20-36-13-12-30-29(36)34-28-32-26(25-23-6-4-5-7-24(23)39-27(25)33-28)31-21-8-10-22(11-9-21)35-14-16-37-17-15-35/h12-13,21-22H,4-11,14-20H2,1-3H3,(H2,30,31,32,33,34)/t21-,22-. The number of imidazole rings is 1. The van der Waals surface area contributed by atoms with Gasteiger partial charge in [-0.05, 0) is 63.0 Å². The molecule has 218 valence electrons. The number of aromatic nitrogens is 4. The van der Waals surface area contributed by atoms with Crippen LogP contribution in [0.15, 0.2) is 12.4 Å². The van der Waals surface area contributed by atoms with E-state index in [1.165, 1.54) is 54.4 Å². The third-order valence-electron chi connectivity index (χ3n) is 8.58. The maximum absolute atomic E-state index is 5.99. The minimum Gasteiger partial charge on any atom is -0.379 e. The molecule has 0 unspecified atom stereocenters. The lowest BCUT2D eigenvalue weighted by atomic mass is 9.89. The summed E-state index contributed by atoms with van der Waals surface area (Å²) in [5, 5.41) is 8.56. The van der Waals surface area contributed by atoms with Crippen molar-refractivity contribution in [2.75, 3.05) is 43.5 Å². The van der Waals surface area contributed by atoms with E-state index in [0.29, 0.717) is 30.7 Å². The monoisotopic (exact) mass is 583 g/mol. The van der Waals surface area contributed by atoms with Gasteiger partial charge in [0.15, 0.2) is 0 Å². The molecule has 2 aliphatic carbocycles. The molecule has 0 spiro atoms. The number of hydrogen-bond donors (Lipinski definition) is 2. The Balaban J connectivity index is 1.18. The first-order valence-electron chi connectivity index (χ1n) is 15.2. The first-order chi connectivity index (χ1) is 19.4. The Hall–Kier alpha value is -2.05. The summed E-state index contributed by atoms with van der Waals surface area (Å²) in [7, 11) is -1.12. The second kappa shape index (κ2) is 12.4. The molecule has 4 heterocycles. The van der Waals surface area contributed by atoms with Crippen LogP contribution in [0.2, 0.25) is 25.7 Å². The molecule has 3 aliphatic rings. The molecule has 6 rings (SSSR count). The summed E-state index contributed by atoms with van der Waals surface area (Å²) in [4.78, 5) is 19.8. The Bertz CT molecular complexity index is 1280. The average molecular weight is 584 g/mol. The molecule has 9 nitrogen and oxygen atoms in total. The number of fused-ring (bicyclic) bond motifs is 3. The summed E-state index contributed by atoms with van der Waals surface area (Å²) < 4.78 is 13.6. The number of morpholine rings is 1. The highest BCUT2D eigenvalue weighted by molar-refractivity contribution is 7.19. The van der Waals surface area contributed by atoms with Crippen LogP contribution in [0.4, 0.5) is 17.7 Å². The van der Waals surface area contributed by atoms with Gasteiger partial charge in [-0.3, -0.25) is 14.8 Å². The van der Waals surface area contributed by atoms with Gasteiger partial charge in [0.05, 0.1) is 18.6 Å². The van der Waals surface area contributed by atoms with Crippen LogP contribution in [0.5, 0.6) is 0 Å². The third kappa shape index (κ3) is 6.70. The number of nitrogens with zero attached hydrogens (tertiary/aromatic N) is 5. The first-order valence-corrected chi connectivity index (χ1v) is 19.7. The SMILES string of the molecule is C[Si](C)(C)CCOCn1ccnc1Nc1nc(N[C@H]2CC[C@H](N3CCOCC3)CC2)c2c3c(sc2n1)CCCC3. The zero-order valence-electron chi connectivity index (χ0n) is 24.4. The van der Waals surface area contributed by atoms with Crippen LogP contribution in [0, 0.1) is 0 Å². The van der Waals surface area contributed by atoms with E-state index in [9.17, 15) is 0 Å². The number of thiophene rings is 1. The lowest BCUT2D eigenvalue weighted by Crippen LogP contribution is -2.46. The van der Waals surface area contributed by atoms with Crippen molar-refractivity contribution < 1.29 is 9.47 Å². The number of ether oxygens (including phenoxy) is 2. The molecular formula is C29H45N7O2SSi. The molecule has 0 amide bonds. The topological polar surface area (TPSA) is 89.4 Å². The van der Waals surface area contributed by atoms with Crippen LogP contribution in [0.25, 0.3) is 10.2 Å². The maximum atomic E-state index is 5.99. The van der Waals surface area contributed by atoms with E-state index >= 15 is 0 Å². The fraction of sp³-hybridized carbons (Fsp3) is 0.690. The van der Waals surface area contributed by atoms with Crippen molar-refractivity contribution in [2.45, 2.75) is 95.9 Å². The number of anilines is 3. The molecule has 3 aromatic rings. The summed E-state index contributed by atoms with van der Waals surface area (Å²) in [6.07, 6.45) is 13.3. The van der Waals surface area contributed by atoms with Gasteiger partial charge in [0.25, 0.3) is 0 Å². The summed E-state index contributed by atoms with van der Waals surface area (Å²) in [6, 6.07) is 2.27. The van der Waals surface area contributed by atoms with Gasteiger partial charge in [0.1, 0.15) is 17.4 Å². The Morgan fingerprint density at radius 1 is 1.07 bits per heavy atom. The fourth-order valence-corrected chi connectivity index (χ4v) is 8.24. The maximum Gasteiger partial charge on any atom is 0.232 e. The van der Waals surface area contributed by atoms with Gasteiger partial charge in [-0.15, -0.1) is 11.3 Å². The van der Waals surface area contributed by atoms with E-state index < -0.39 is 8.07 Å². The Morgan fingerprint density at radius 2 is 1.88 bits per heavy atom. The van der Waals surface area contributed by atoms with Gasteiger partial charge in [-0.2, -0.15) is 4.98 Å². The van der Waals surface area contributed by atoms with Crippen molar-refractivity contribution in [2.24, 2.45) is 0 Å². The summed E-state index contributed by atoms with van der Waals surface area (Å²) >= 11 is 1.85. The van der Waals surface area contributed by atoms with Gasteiger partial charge >= 0.3 is 0 Å². The van der Waals surface area contributed by atoms with Gasteiger partial charge < -0.3 is 14.8 Å². The molecular weight excluding hydrogens is 539 g/mol. The Morgan fingerprint density at radius 3 is 2.67 bits per heavy atom. The van der Waals surface area contributed by atoms with Gasteiger partial charge in [-0.25, -0.2) is 9.97 Å². The van der Waals surface area contributed by atoms with E-state index in [2.05, 4.69) is 40.2 Å². The quantitative estimate of drug-likeness (QED) is 0.226. The molecule has 2 fully saturated rings. The minimum atomic E-state index is -1.12. The lowest BCUT2D eigenvalue weighted by molar-refractivity contribution is 0.00791. The zero-order valence-corrected chi connectivity index (χ0v) is 26.2. The van der Waals surface area contributed by atoms with E-state index in [1.807, 2.05) is 22.1 Å². The fourth-order valence-electron chi connectivity index (χ4n) is 6.22. The highest BCUT2D eigenvalue weighted by Gasteiger charge is 2.29. The molecule has 3 aromatic heterocycles. The van der Waals surface area contributed by atoms with Gasteiger partial charge in [0, 0.05) is 57.1 Å². The molecule has 0 aromatic carbocycles. The van der Waals surface area contributed by atoms with Crippen molar-refractivity contribution in [1.29, 1.82) is 0 Å². The molecule has 0 atom stereocenters. The first kappa shape index (κ1) is 28.1. The van der Waals surface area contributed by atoms with Gasteiger partial charge in [0.2, 0.25) is 11.9 Å². The molecule has 1 aliphatic heterocycles. The third-order valence-corrected chi connectivity index (χ3v) is 11.5. The Labute approximate surface area is 243 Å². The van der Waals surface area contributed by atoms with Crippen LogP contribution in [0.3, 0.4) is 0 Å². The van der Waals surface area contributed by atoms with Gasteiger partial charge in [-0.1, -0.05) is 19.6 Å².